The summed E-state index contributed by atoms with van der Waals surface area (Å²) in [6.07, 6.45) is -8.74. The molecule has 0 aromatic heterocycles. The van der Waals surface area contributed by atoms with Crippen molar-refractivity contribution >= 4 is 45.8 Å². The maximum Gasteiger partial charge on any atom is 0.446 e. The van der Waals surface area contributed by atoms with Crippen molar-refractivity contribution in [3.05, 3.63) is 72.3 Å². The second-order valence-corrected chi connectivity index (χ2v) is 8.54. The van der Waals surface area contributed by atoms with Crippen LogP contribution in [0.5, 0.6) is 0 Å². The molecule has 0 fully saturated rings. The van der Waals surface area contributed by atoms with Gasteiger partial charge >= 0.3 is 24.3 Å². The number of rotatable bonds is 7. The smallest absolute Gasteiger partial charge is 0.446 e. The Morgan fingerprint density at radius 3 is 2.13 bits per heavy atom. The lowest BCUT2D eigenvalue weighted by molar-refractivity contribution is -0.144. The number of alkyl halides is 6. The number of esters is 2. The molecule has 240 valence electrons. The van der Waals surface area contributed by atoms with Crippen LogP contribution in [0.25, 0.3) is 0 Å². The minimum absolute atomic E-state index is 0.0583. The van der Waals surface area contributed by atoms with Crippen LogP contribution in [-0.4, -0.2) is 54.4 Å². The minimum atomic E-state index is -4.68. The van der Waals surface area contributed by atoms with Crippen molar-refractivity contribution in [2.75, 3.05) is 23.6 Å². The average Bonchev–Trinajstić information content (AvgIpc) is 3.47. The predicted molar refractivity (Wildman–Crippen MR) is 153 cm³/mol. The lowest BCUT2D eigenvalue weighted by Gasteiger charge is -2.21. The molecule has 1 unspecified atom stereocenters. The fraction of sp³-hybridized carbons (Fsp3) is 0.286. The fourth-order valence-corrected chi connectivity index (χ4v) is 3.14. The Balaban J connectivity index is 0.000000385. The number of nitrogens with one attached hydrogen (secondary N) is 1. The Morgan fingerprint density at radius 2 is 1.64 bits per heavy atom. The number of nitrogens with zero attached hydrogens (tertiary/aromatic N) is 5. The molecule has 0 radical (unpaired) electrons. The van der Waals surface area contributed by atoms with Gasteiger partial charge in [-0.15, -0.1) is 0 Å². The standard InChI is InChI=1S/C14H12F3N3O2.C9H5ClF3N3.C5H8O2/c1-2-22-13(21)11-7-12(14(15,16)17)19-20(11)10-5-3-4-9(6-10)8-18;10-8(9(11,12)13)16-15-7-3-1-2-6(4-7)5-14;1-3-5(6)7-4-2/h3-6,11H,2,7H2,1H3;1-4,15H;3H,1,4H2,2H3/b;16-8-;. The van der Waals surface area contributed by atoms with Crippen LogP contribution >= 0.6 is 11.6 Å². The number of anilines is 2. The highest BCUT2D eigenvalue weighted by molar-refractivity contribution is 6.66. The van der Waals surface area contributed by atoms with E-state index in [4.69, 9.17) is 26.9 Å². The van der Waals surface area contributed by atoms with Crippen molar-refractivity contribution in [2.24, 2.45) is 10.2 Å². The lowest BCUT2D eigenvalue weighted by Crippen LogP contribution is -2.36. The van der Waals surface area contributed by atoms with Gasteiger partial charge in [-0.3, -0.25) is 10.4 Å². The third-order valence-corrected chi connectivity index (χ3v) is 5.30. The summed E-state index contributed by atoms with van der Waals surface area (Å²) in [4.78, 5) is 22.0. The van der Waals surface area contributed by atoms with Gasteiger partial charge in [0.1, 0.15) is 5.71 Å². The Bertz CT molecular complexity index is 1480. The molecule has 0 amide bonds. The molecule has 0 bridgehead atoms. The van der Waals surface area contributed by atoms with E-state index in [-0.39, 0.29) is 29.5 Å². The van der Waals surface area contributed by atoms with Crippen LogP contribution in [0.1, 0.15) is 31.4 Å². The van der Waals surface area contributed by atoms with Gasteiger partial charge in [0.2, 0.25) is 5.17 Å². The molecule has 3 rings (SSSR count). The summed E-state index contributed by atoms with van der Waals surface area (Å²) < 4.78 is 83.6. The molecular weight excluding hydrogens is 634 g/mol. The first-order chi connectivity index (χ1) is 21.1. The van der Waals surface area contributed by atoms with E-state index in [1.54, 1.807) is 13.8 Å². The predicted octanol–water partition coefficient (Wildman–Crippen LogP) is 6.44. The van der Waals surface area contributed by atoms with Gasteiger partial charge in [-0.25, -0.2) is 9.59 Å². The van der Waals surface area contributed by atoms with E-state index in [0.29, 0.717) is 12.2 Å². The van der Waals surface area contributed by atoms with E-state index in [9.17, 15) is 35.9 Å². The SMILES string of the molecule is C=CC(=O)OCC.CCOC(=O)C1CC(C(F)(F)F)=NN1c1cccc(C#N)c1.N#Cc1cccc(N/N=C(\Cl)C(F)(F)F)c1. The number of hydrogen-bond acceptors (Lipinski definition) is 10. The molecule has 0 saturated carbocycles. The zero-order chi connectivity index (χ0) is 34.2. The van der Waals surface area contributed by atoms with E-state index in [2.05, 4.69) is 26.9 Å². The average molecular weight is 659 g/mol. The molecular formula is C28H25ClF6N6O4. The Morgan fingerprint density at radius 1 is 1.07 bits per heavy atom. The Labute approximate surface area is 258 Å². The van der Waals surface area contributed by atoms with Crippen LogP contribution in [0.15, 0.2) is 71.4 Å². The monoisotopic (exact) mass is 658 g/mol. The molecule has 1 heterocycles. The van der Waals surface area contributed by atoms with Gasteiger partial charge in [-0.2, -0.15) is 47.1 Å². The van der Waals surface area contributed by atoms with Crippen LogP contribution in [0, 0.1) is 22.7 Å². The highest BCUT2D eigenvalue weighted by atomic mass is 35.5. The largest absolute Gasteiger partial charge is 0.464 e. The van der Waals surface area contributed by atoms with Crippen LogP contribution in [0.2, 0.25) is 0 Å². The number of hydrazone groups is 2. The van der Waals surface area contributed by atoms with Gasteiger partial charge in [0.05, 0.1) is 47.9 Å². The molecule has 1 aliphatic rings. The Kier molecular flexibility index (Phi) is 15.1. The fourth-order valence-electron chi connectivity index (χ4n) is 3.10. The number of carbonyl (C=O) groups excluding carboxylic acids is 2. The maximum atomic E-state index is 12.9. The molecule has 1 atom stereocenters. The Hall–Kier alpha value is -5.09. The van der Waals surface area contributed by atoms with Crippen molar-refractivity contribution < 1.29 is 45.4 Å². The number of hydrogen-bond donors (Lipinski definition) is 1. The zero-order valence-electron chi connectivity index (χ0n) is 23.6. The summed E-state index contributed by atoms with van der Waals surface area (Å²) in [7, 11) is 0. The van der Waals surface area contributed by atoms with Gasteiger partial charge < -0.3 is 9.47 Å². The molecule has 1 N–H and O–H groups in total. The second kappa shape index (κ2) is 17.9. The van der Waals surface area contributed by atoms with E-state index < -0.39 is 41.7 Å². The normalized spacial score (nSPS) is 14.2. The number of carbonyl (C=O) groups is 2. The molecule has 0 saturated heterocycles. The summed E-state index contributed by atoms with van der Waals surface area (Å²) >= 11 is 4.88. The number of halogens is 7. The highest BCUT2D eigenvalue weighted by Gasteiger charge is 2.46. The van der Waals surface area contributed by atoms with E-state index in [1.165, 1.54) is 48.5 Å². The quantitative estimate of drug-likeness (QED) is 0.118. The minimum Gasteiger partial charge on any atom is -0.464 e. The molecule has 0 aliphatic carbocycles. The van der Waals surface area contributed by atoms with Crippen molar-refractivity contribution in [3.8, 4) is 12.1 Å². The molecule has 1 aliphatic heterocycles. The number of ether oxygens (including phenoxy) is 2. The van der Waals surface area contributed by atoms with Crippen molar-refractivity contribution in [1.82, 2.24) is 0 Å². The third-order valence-electron chi connectivity index (χ3n) is 5.00. The van der Waals surface area contributed by atoms with E-state index in [0.717, 1.165) is 11.1 Å². The van der Waals surface area contributed by atoms with Crippen LogP contribution in [0.3, 0.4) is 0 Å². The molecule has 17 heteroatoms. The first-order valence-corrected chi connectivity index (χ1v) is 12.9. The molecule has 2 aromatic rings. The first kappa shape index (κ1) is 37.9. The first-order valence-electron chi connectivity index (χ1n) is 12.6. The molecule has 10 nitrogen and oxygen atoms in total. The third kappa shape index (κ3) is 13.0. The second-order valence-electron chi connectivity index (χ2n) is 8.18. The zero-order valence-corrected chi connectivity index (χ0v) is 24.4. The van der Waals surface area contributed by atoms with Crippen LogP contribution in [0.4, 0.5) is 37.7 Å². The van der Waals surface area contributed by atoms with Crippen molar-refractivity contribution in [1.29, 1.82) is 10.5 Å². The lowest BCUT2D eigenvalue weighted by atomic mass is 10.1. The van der Waals surface area contributed by atoms with Gasteiger partial charge in [0, 0.05) is 12.5 Å². The maximum absolute atomic E-state index is 12.9. The van der Waals surface area contributed by atoms with Gasteiger partial charge in [-0.05, 0) is 50.2 Å². The van der Waals surface area contributed by atoms with Crippen molar-refractivity contribution in [3.63, 3.8) is 0 Å². The van der Waals surface area contributed by atoms with Gasteiger partial charge in [0.25, 0.3) is 0 Å². The van der Waals surface area contributed by atoms with Crippen LogP contribution < -0.4 is 10.4 Å². The van der Waals surface area contributed by atoms with Gasteiger partial charge in [-0.1, -0.05) is 30.3 Å². The summed E-state index contributed by atoms with van der Waals surface area (Å²) in [5.74, 6) is -1.14. The highest BCUT2D eigenvalue weighted by Crippen LogP contribution is 2.32. The van der Waals surface area contributed by atoms with Crippen molar-refractivity contribution in [2.45, 2.75) is 38.7 Å². The molecule has 0 spiro atoms. The molecule has 45 heavy (non-hydrogen) atoms. The summed E-state index contributed by atoms with van der Waals surface area (Å²) in [5, 5.41) is 23.3. The number of benzene rings is 2. The topological polar surface area (TPSA) is 140 Å². The van der Waals surface area contributed by atoms with Crippen LogP contribution in [-0.2, 0) is 19.1 Å². The summed E-state index contributed by atoms with van der Waals surface area (Å²) in [5.41, 5.74) is 2.12. The summed E-state index contributed by atoms with van der Waals surface area (Å²) in [6, 6.07) is 14.3. The molecule has 2 aromatic carbocycles. The van der Waals surface area contributed by atoms with E-state index >= 15 is 0 Å². The van der Waals surface area contributed by atoms with E-state index in [1.807, 2.05) is 12.1 Å². The summed E-state index contributed by atoms with van der Waals surface area (Å²) in [6.45, 7) is 7.00. The number of nitriles is 2. The van der Waals surface area contributed by atoms with Gasteiger partial charge in [0.15, 0.2) is 6.04 Å².